The van der Waals surface area contributed by atoms with Gasteiger partial charge < -0.3 is 14.6 Å². The summed E-state index contributed by atoms with van der Waals surface area (Å²) in [5.41, 5.74) is 4.66. The summed E-state index contributed by atoms with van der Waals surface area (Å²) in [6.07, 6.45) is 2.57. The van der Waals surface area contributed by atoms with Crippen molar-refractivity contribution in [2.24, 2.45) is 0 Å². The Morgan fingerprint density at radius 1 is 1.42 bits per heavy atom. The van der Waals surface area contributed by atoms with Gasteiger partial charge in [-0.05, 0) is 29.8 Å². The lowest BCUT2D eigenvalue weighted by Crippen LogP contribution is -2.24. The summed E-state index contributed by atoms with van der Waals surface area (Å²) < 4.78 is 7.67. The summed E-state index contributed by atoms with van der Waals surface area (Å²) in [7, 11) is -1.20. The molecule has 0 aliphatic carbocycles. The fourth-order valence-electron chi connectivity index (χ4n) is 3.40. The van der Waals surface area contributed by atoms with Crippen LogP contribution in [0.3, 0.4) is 0 Å². The van der Waals surface area contributed by atoms with Crippen molar-refractivity contribution in [2.45, 2.75) is 45.2 Å². The summed E-state index contributed by atoms with van der Waals surface area (Å²) in [6, 6.07) is 7.05. The van der Waals surface area contributed by atoms with Gasteiger partial charge in [0.2, 0.25) is 0 Å². The molecule has 2 heterocycles. The lowest BCUT2D eigenvalue weighted by molar-refractivity contribution is 0.167. The van der Waals surface area contributed by atoms with Gasteiger partial charge in [-0.1, -0.05) is 25.7 Å². The van der Waals surface area contributed by atoms with E-state index in [0.29, 0.717) is 6.61 Å². The Hall–Kier alpha value is -2.05. The number of anilines is 1. The minimum Gasteiger partial charge on any atom is -0.450 e. The molecule has 0 bridgehead atoms. The highest BCUT2D eigenvalue weighted by Crippen LogP contribution is 2.31. The average Bonchev–Trinajstić information content (AvgIpc) is 2.88. The van der Waals surface area contributed by atoms with Crippen LogP contribution in [0.25, 0.3) is 10.9 Å². The van der Waals surface area contributed by atoms with Gasteiger partial charge in [0, 0.05) is 56.4 Å². The van der Waals surface area contributed by atoms with E-state index in [9.17, 15) is 4.79 Å². The monoisotopic (exact) mass is 371 g/mol. The van der Waals surface area contributed by atoms with Gasteiger partial charge in [0.1, 0.15) is 0 Å². The van der Waals surface area contributed by atoms with Crippen LogP contribution in [0.1, 0.15) is 11.3 Å². The smallest absolute Gasteiger partial charge is 0.411 e. The maximum Gasteiger partial charge on any atom is 0.411 e. The first-order valence-corrected chi connectivity index (χ1v) is 13.0. The van der Waals surface area contributed by atoms with Crippen LogP contribution < -0.4 is 10.6 Å². The fourth-order valence-corrected chi connectivity index (χ4v) is 4.11. The molecule has 3 rings (SSSR count). The zero-order chi connectivity index (χ0) is 18.7. The molecule has 0 saturated heterocycles. The molecule has 26 heavy (non-hydrogen) atoms. The number of nitrogens with one attached hydrogen (secondary N) is 2. The van der Waals surface area contributed by atoms with Gasteiger partial charge in [-0.3, -0.25) is 5.32 Å². The van der Waals surface area contributed by atoms with Crippen LogP contribution in [0.2, 0.25) is 25.7 Å². The van der Waals surface area contributed by atoms with E-state index < -0.39 is 8.07 Å². The van der Waals surface area contributed by atoms with E-state index in [1.165, 1.54) is 22.2 Å². The normalized spacial score (nSPS) is 14.1. The van der Waals surface area contributed by atoms with Crippen molar-refractivity contribution in [1.29, 1.82) is 0 Å². The Kier molecular flexibility index (Phi) is 5.53. The quantitative estimate of drug-likeness (QED) is 0.586. The first-order chi connectivity index (χ1) is 12.4. The van der Waals surface area contributed by atoms with Gasteiger partial charge in [-0.25, -0.2) is 4.79 Å². The topological polar surface area (TPSA) is 55.3 Å². The molecule has 2 N–H and O–H groups in total. The van der Waals surface area contributed by atoms with Crippen molar-refractivity contribution < 1.29 is 9.53 Å². The number of rotatable bonds is 6. The maximum absolute atomic E-state index is 12.1. The molecule has 2 aromatic rings. The average molecular weight is 372 g/mol. The van der Waals surface area contributed by atoms with Crippen molar-refractivity contribution >= 4 is 30.8 Å². The Morgan fingerprint density at radius 3 is 2.96 bits per heavy atom. The van der Waals surface area contributed by atoms with Crippen LogP contribution in [0.4, 0.5) is 10.5 Å². The van der Waals surface area contributed by atoms with Gasteiger partial charge in [0.15, 0.2) is 0 Å². The van der Waals surface area contributed by atoms with E-state index in [-0.39, 0.29) is 6.09 Å². The van der Waals surface area contributed by atoms with Gasteiger partial charge in [-0.2, -0.15) is 0 Å². The van der Waals surface area contributed by atoms with Crippen LogP contribution in [0, 0.1) is 0 Å². The minimum absolute atomic E-state index is 0.375. The Balaban J connectivity index is 1.78. The number of nitrogens with zero attached hydrogens (tertiary/aromatic N) is 1. The third-order valence-corrected chi connectivity index (χ3v) is 6.47. The Labute approximate surface area is 156 Å². The molecular formula is C20H29N3O2Si. The number of amides is 1. The number of hydrogen-bond acceptors (Lipinski definition) is 3. The number of carbonyl (C=O) groups excluding carboxylic acids is 1. The molecule has 0 unspecified atom stereocenters. The fraction of sp³-hybridized carbons (Fsp3) is 0.450. The Bertz CT molecular complexity index is 821. The van der Waals surface area contributed by atoms with E-state index in [0.717, 1.165) is 37.8 Å². The molecular weight excluding hydrogens is 342 g/mol. The molecule has 5 nitrogen and oxygen atoms in total. The molecule has 1 aromatic heterocycles. The van der Waals surface area contributed by atoms with Crippen LogP contribution in [0.15, 0.2) is 30.9 Å². The van der Waals surface area contributed by atoms with Crippen LogP contribution in [-0.4, -0.2) is 31.9 Å². The molecule has 6 heteroatoms. The van der Waals surface area contributed by atoms with Crippen molar-refractivity contribution in [2.75, 3.05) is 18.5 Å². The molecule has 1 aliphatic heterocycles. The molecule has 0 spiro atoms. The first kappa shape index (κ1) is 18.7. The molecule has 0 fully saturated rings. The number of hydrogen-bond donors (Lipinski definition) is 2. The second-order valence-electron chi connectivity index (χ2n) is 8.05. The van der Waals surface area contributed by atoms with Crippen LogP contribution in [-0.2, 0) is 24.2 Å². The number of ether oxygens (including phenoxy) is 1. The maximum atomic E-state index is 12.1. The highest BCUT2D eigenvalue weighted by molar-refractivity contribution is 6.76. The number of allylic oxidation sites excluding steroid dienone is 1. The second-order valence-corrected chi connectivity index (χ2v) is 13.7. The zero-order valence-electron chi connectivity index (χ0n) is 16.0. The third kappa shape index (κ3) is 4.19. The third-order valence-electron chi connectivity index (χ3n) is 4.77. The summed E-state index contributed by atoms with van der Waals surface area (Å²) in [6.45, 7) is 13.8. The largest absolute Gasteiger partial charge is 0.450 e. The summed E-state index contributed by atoms with van der Waals surface area (Å²) in [5, 5.41) is 7.51. The van der Waals surface area contributed by atoms with E-state index in [2.05, 4.69) is 53.6 Å². The van der Waals surface area contributed by atoms with E-state index in [1.807, 2.05) is 12.1 Å². The predicted octanol–water partition coefficient (Wildman–Crippen LogP) is 4.36. The molecule has 1 amide bonds. The van der Waals surface area contributed by atoms with Crippen molar-refractivity contribution in [3.8, 4) is 0 Å². The molecule has 140 valence electrons. The highest BCUT2D eigenvalue weighted by Gasteiger charge is 2.20. The summed E-state index contributed by atoms with van der Waals surface area (Å²) >= 11 is 0. The molecule has 1 aromatic carbocycles. The van der Waals surface area contributed by atoms with Crippen molar-refractivity contribution in [1.82, 2.24) is 9.88 Å². The molecule has 0 atom stereocenters. The van der Waals surface area contributed by atoms with Gasteiger partial charge >= 0.3 is 6.09 Å². The number of aromatic nitrogens is 1. The van der Waals surface area contributed by atoms with E-state index in [1.54, 1.807) is 0 Å². The lowest BCUT2D eigenvalue weighted by Gasteiger charge is -2.16. The number of carbonyl (C=O) groups is 1. The van der Waals surface area contributed by atoms with Gasteiger partial charge in [0.05, 0.1) is 6.61 Å². The first-order valence-electron chi connectivity index (χ1n) is 9.28. The molecule has 0 radical (unpaired) electrons. The van der Waals surface area contributed by atoms with Crippen molar-refractivity contribution in [3.63, 3.8) is 0 Å². The van der Waals surface area contributed by atoms with Crippen LogP contribution in [0.5, 0.6) is 0 Å². The van der Waals surface area contributed by atoms with Gasteiger partial charge in [0.25, 0.3) is 0 Å². The number of fused-ring (bicyclic) bond motifs is 3. The zero-order valence-corrected chi connectivity index (χ0v) is 17.0. The Morgan fingerprint density at radius 2 is 2.23 bits per heavy atom. The van der Waals surface area contributed by atoms with Crippen molar-refractivity contribution in [3.05, 3.63) is 42.1 Å². The minimum atomic E-state index is -1.20. The highest BCUT2D eigenvalue weighted by atomic mass is 28.3. The predicted molar refractivity (Wildman–Crippen MR) is 111 cm³/mol. The van der Waals surface area contributed by atoms with E-state index >= 15 is 0 Å². The standard InChI is InChI=1S/C20H29N3O2Si/c1-5-10-23-18-7-6-15(22-20(24)25-11-12-26(2,3)4)13-16(18)17-14-21-9-8-19(17)23/h5-7,13,21H,1,8-12,14H2,2-4H3,(H,22,24). The molecule has 0 saturated carbocycles. The summed E-state index contributed by atoms with van der Waals surface area (Å²) in [4.78, 5) is 12.1. The van der Waals surface area contributed by atoms with Gasteiger partial charge in [-0.15, -0.1) is 6.58 Å². The molecule has 1 aliphatic rings. The lowest BCUT2D eigenvalue weighted by atomic mass is 10.1. The SMILES string of the molecule is C=CCn1c2c(c3cc(NC(=O)OCC[Si](C)(C)C)ccc31)CNCC2. The number of benzene rings is 1. The van der Waals surface area contributed by atoms with E-state index in [4.69, 9.17) is 4.74 Å². The summed E-state index contributed by atoms with van der Waals surface area (Å²) in [5.74, 6) is 0. The second kappa shape index (κ2) is 7.68. The van der Waals surface area contributed by atoms with Crippen LogP contribution >= 0.6 is 0 Å².